The van der Waals surface area contributed by atoms with Crippen LogP contribution in [0.2, 0.25) is 0 Å². The van der Waals surface area contributed by atoms with Gasteiger partial charge in [0.25, 0.3) is 11.8 Å². The number of carbonyl (C=O) groups excluding carboxylic acids is 2. The molecular formula is C19H21FN2O4. The summed E-state index contributed by atoms with van der Waals surface area (Å²) >= 11 is 0. The van der Waals surface area contributed by atoms with Gasteiger partial charge in [0, 0.05) is 17.8 Å². The van der Waals surface area contributed by atoms with Crippen LogP contribution in [0.3, 0.4) is 0 Å². The smallest absolute Gasteiger partial charge is 0.262 e. The fourth-order valence-corrected chi connectivity index (χ4v) is 2.14. The second-order valence-electron chi connectivity index (χ2n) is 5.47. The van der Waals surface area contributed by atoms with Gasteiger partial charge in [-0.1, -0.05) is 6.92 Å². The third-order valence-corrected chi connectivity index (χ3v) is 3.45. The lowest BCUT2D eigenvalue weighted by atomic mass is 10.2. The number of carbonyl (C=O) groups is 2. The molecule has 2 N–H and O–H groups in total. The summed E-state index contributed by atoms with van der Waals surface area (Å²) in [7, 11) is 1.45. The molecule has 0 bridgehead atoms. The van der Waals surface area contributed by atoms with Crippen LogP contribution in [0.4, 0.5) is 10.1 Å². The van der Waals surface area contributed by atoms with Crippen molar-refractivity contribution in [3.05, 3.63) is 53.8 Å². The molecule has 0 atom stereocenters. The molecule has 0 aromatic heterocycles. The lowest BCUT2D eigenvalue weighted by molar-refractivity contribution is -0.118. The van der Waals surface area contributed by atoms with Gasteiger partial charge < -0.3 is 20.1 Å². The molecule has 0 heterocycles. The van der Waals surface area contributed by atoms with E-state index in [2.05, 4.69) is 10.6 Å². The maximum absolute atomic E-state index is 12.9. The van der Waals surface area contributed by atoms with Crippen LogP contribution in [0.5, 0.6) is 11.5 Å². The van der Waals surface area contributed by atoms with E-state index in [1.165, 1.54) is 31.4 Å². The number of anilines is 1. The van der Waals surface area contributed by atoms with Crippen molar-refractivity contribution < 1.29 is 23.5 Å². The van der Waals surface area contributed by atoms with Gasteiger partial charge in [0.1, 0.15) is 5.82 Å². The van der Waals surface area contributed by atoms with E-state index in [1.807, 2.05) is 6.92 Å². The van der Waals surface area contributed by atoms with E-state index in [0.717, 1.165) is 6.42 Å². The lowest BCUT2D eigenvalue weighted by Gasteiger charge is -2.12. The average molecular weight is 360 g/mol. The van der Waals surface area contributed by atoms with Crippen molar-refractivity contribution in [2.24, 2.45) is 0 Å². The van der Waals surface area contributed by atoms with Gasteiger partial charge in [0.15, 0.2) is 18.1 Å². The number of nitrogens with one attached hydrogen (secondary N) is 2. The highest BCUT2D eigenvalue weighted by Gasteiger charge is 2.12. The fraction of sp³-hybridized carbons (Fsp3) is 0.263. The van der Waals surface area contributed by atoms with Gasteiger partial charge in [-0.25, -0.2) is 4.39 Å². The highest BCUT2D eigenvalue weighted by atomic mass is 19.1. The molecule has 2 aromatic carbocycles. The number of hydrogen-bond acceptors (Lipinski definition) is 4. The normalized spacial score (nSPS) is 10.1. The van der Waals surface area contributed by atoms with Crippen molar-refractivity contribution in [1.82, 2.24) is 5.32 Å². The van der Waals surface area contributed by atoms with E-state index >= 15 is 0 Å². The van der Waals surface area contributed by atoms with Crippen LogP contribution >= 0.6 is 0 Å². The zero-order valence-corrected chi connectivity index (χ0v) is 14.7. The van der Waals surface area contributed by atoms with Crippen molar-refractivity contribution in [2.45, 2.75) is 13.3 Å². The molecule has 138 valence electrons. The monoisotopic (exact) mass is 360 g/mol. The van der Waals surface area contributed by atoms with Gasteiger partial charge in [-0.2, -0.15) is 0 Å². The third kappa shape index (κ3) is 5.47. The molecule has 0 aliphatic rings. The largest absolute Gasteiger partial charge is 0.493 e. The van der Waals surface area contributed by atoms with Crippen LogP contribution < -0.4 is 20.1 Å². The van der Waals surface area contributed by atoms with Crippen LogP contribution in [0.15, 0.2) is 42.5 Å². The number of hydrogen-bond donors (Lipinski definition) is 2. The SMILES string of the molecule is CCCNC(=O)c1ccc(OCC(=O)Nc2ccc(F)cc2)c(OC)c1. The summed E-state index contributed by atoms with van der Waals surface area (Å²) in [5.74, 6) is -0.293. The minimum Gasteiger partial charge on any atom is -0.493 e. The standard InChI is InChI=1S/C19H21FN2O4/c1-3-10-21-19(24)13-4-9-16(17(11-13)25-2)26-12-18(23)22-15-7-5-14(20)6-8-15/h4-9,11H,3,10,12H2,1-2H3,(H,21,24)(H,22,23). The Balaban J connectivity index is 1.96. The highest BCUT2D eigenvalue weighted by molar-refractivity contribution is 5.95. The molecule has 2 rings (SSSR count). The number of amides is 2. The molecule has 0 radical (unpaired) electrons. The lowest BCUT2D eigenvalue weighted by Crippen LogP contribution is -2.24. The summed E-state index contributed by atoms with van der Waals surface area (Å²) in [6.07, 6.45) is 0.841. The Morgan fingerprint density at radius 1 is 1.08 bits per heavy atom. The van der Waals surface area contributed by atoms with Crippen molar-refractivity contribution in [3.8, 4) is 11.5 Å². The molecular weight excluding hydrogens is 339 g/mol. The Kier molecular flexibility index (Phi) is 6.96. The zero-order valence-electron chi connectivity index (χ0n) is 14.7. The Bertz CT molecular complexity index is 763. The van der Waals surface area contributed by atoms with Gasteiger partial charge in [-0.05, 0) is 48.9 Å². The van der Waals surface area contributed by atoms with Gasteiger partial charge in [0.05, 0.1) is 7.11 Å². The number of ether oxygens (including phenoxy) is 2. The van der Waals surface area contributed by atoms with Gasteiger partial charge in [-0.3, -0.25) is 9.59 Å². The highest BCUT2D eigenvalue weighted by Crippen LogP contribution is 2.28. The van der Waals surface area contributed by atoms with Crippen LogP contribution in [0.25, 0.3) is 0 Å². The summed E-state index contributed by atoms with van der Waals surface area (Å²) in [6.45, 7) is 2.30. The summed E-state index contributed by atoms with van der Waals surface area (Å²) in [4.78, 5) is 23.9. The number of rotatable bonds is 8. The Hall–Kier alpha value is -3.09. The first-order valence-electron chi connectivity index (χ1n) is 8.18. The van der Waals surface area contributed by atoms with Crippen molar-refractivity contribution in [2.75, 3.05) is 25.6 Å². The van der Waals surface area contributed by atoms with Crippen molar-refractivity contribution in [3.63, 3.8) is 0 Å². The number of halogens is 1. The minimum absolute atomic E-state index is 0.203. The first kappa shape index (κ1) is 19.2. The second-order valence-corrected chi connectivity index (χ2v) is 5.47. The zero-order chi connectivity index (χ0) is 18.9. The van der Waals surface area contributed by atoms with Crippen LogP contribution in [-0.2, 0) is 4.79 Å². The first-order valence-corrected chi connectivity index (χ1v) is 8.18. The quantitative estimate of drug-likeness (QED) is 0.759. The first-order chi connectivity index (χ1) is 12.5. The van der Waals surface area contributed by atoms with Crippen LogP contribution in [-0.4, -0.2) is 32.1 Å². The summed E-state index contributed by atoms with van der Waals surface area (Å²) in [5, 5.41) is 5.37. The van der Waals surface area contributed by atoms with Gasteiger partial charge in [0.2, 0.25) is 0 Å². The summed E-state index contributed by atoms with van der Waals surface area (Å²) in [5.41, 5.74) is 0.910. The third-order valence-electron chi connectivity index (χ3n) is 3.45. The van der Waals surface area contributed by atoms with Gasteiger partial charge in [-0.15, -0.1) is 0 Å². The van der Waals surface area contributed by atoms with E-state index in [1.54, 1.807) is 18.2 Å². The van der Waals surface area contributed by atoms with Crippen LogP contribution in [0, 0.1) is 5.82 Å². The molecule has 2 amide bonds. The van der Waals surface area contributed by atoms with Crippen molar-refractivity contribution >= 4 is 17.5 Å². The maximum Gasteiger partial charge on any atom is 0.262 e. The van der Waals surface area contributed by atoms with E-state index < -0.39 is 5.91 Å². The molecule has 0 saturated carbocycles. The van der Waals surface area contributed by atoms with Crippen LogP contribution in [0.1, 0.15) is 23.7 Å². The summed E-state index contributed by atoms with van der Waals surface area (Å²) in [6, 6.07) is 10.1. The molecule has 26 heavy (non-hydrogen) atoms. The Morgan fingerprint density at radius 3 is 2.46 bits per heavy atom. The fourth-order valence-electron chi connectivity index (χ4n) is 2.14. The molecule has 6 nitrogen and oxygen atoms in total. The van der Waals surface area contributed by atoms with E-state index in [9.17, 15) is 14.0 Å². The molecule has 0 aliphatic carbocycles. The predicted molar refractivity (Wildman–Crippen MR) is 96.1 cm³/mol. The van der Waals surface area contributed by atoms with E-state index in [4.69, 9.17) is 9.47 Å². The van der Waals surface area contributed by atoms with Gasteiger partial charge >= 0.3 is 0 Å². The Labute approximate surface area is 151 Å². The molecule has 0 saturated heterocycles. The van der Waals surface area contributed by atoms with E-state index in [-0.39, 0.29) is 18.3 Å². The Morgan fingerprint density at radius 2 is 1.81 bits per heavy atom. The second kappa shape index (κ2) is 9.41. The molecule has 0 fully saturated rings. The maximum atomic E-state index is 12.9. The number of methoxy groups -OCH3 is 1. The minimum atomic E-state index is -0.400. The number of benzene rings is 2. The molecule has 2 aromatic rings. The molecule has 0 spiro atoms. The molecule has 0 unspecified atom stereocenters. The summed E-state index contributed by atoms with van der Waals surface area (Å²) < 4.78 is 23.5. The van der Waals surface area contributed by atoms with Crippen molar-refractivity contribution in [1.29, 1.82) is 0 Å². The average Bonchev–Trinajstić information content (AvgIpc) is 2.66. The molecule has 7 heteroatoms. The topological polar surface area (TPSA) is 76.7 Å². The van der Waals surface area contributed by atoms with E-state index in [0.29, 0.717) is 29.3 Å². The molecule has 0 aliphatic heterocycles. The predicted octanol–water partition coefficient (Wildman–Crippen LogP) is 2.99.